The molecule has 0 bridgehead atoms. The molecule has 0 aromatic carbocycles. The molecule has 1 N–H and O–H groups in total. The number of amides is 1. The van der Waals surface area contributed by atoms with Crippen molar-refractivity contribution >= 4 is 17.5 Å². The van der Waals surface area contributed by atoms with Gasteiger partial charge in [0.05, 0.1) is 12.0 Å². The van der Waals surface area contributed by atoms with Crippen LogP contribution in [-0.4, -0.2) is 30.5 Å². The Hall–Kier alpha value is -0.280. The summed E-state index contributed by atoms with van der Waals surface area (Å²) >= 11 is 5.70. The Labute approximate surface area is 103 Å². The Balaban J connectivity index is 2.43. The topological polar surface area (TPSA) is 38.3 Å². The van der Waals surface area contributed by atoms with E-state index < -0.39 is 0 Å². The van der Waals surface area contributed by atoms with Crippen LogP contribution in [0.15, 0.2) is 0 Å². The molecule has 0 saturated carbocycles. The predicted octanol–water partition coefficient (Wildman–Crippen LogP) is 2.33. The molecule has 16 heavy (non-hydrogen) atoms. The molecule has 1 fully saturated rings. The first kappa shape index (κ1) is 13.8. The number of rotatable bonds is 6. The van der Waals surface area contributed by atoms with Crippen LogP contribution in [0.2, 0.25) is 0 Å². The molecule has 1 amide bonds. The van der Waals surface area contributed by atoms with Crippen molar-refractivity contribution in [1.29, 1.82) is 0 Å². The highest BCUT2D eigenvalue weighted by Crippen LogP contribution is 2.23. The van der Waals surface area contributed by atoms with E-state index in [1.807, 2.05) is 0 Å². The first-order valence-electron chi connectivity index (χ1n) is 6.20. The standard InChI is InChI=1S/C12H22ClNO2/c1-3-9(5-7-13)14-12(15)10-6-8-16-11(10)4-2/h9-11H,3-8H2,1-2H3,(H,14,15). The third-order valence-electron chi connectivity index (χ3n) is 3.25. The molecule has 1 aliphatic heterocycles. The number of ether oxygens (including phenoxy) is 1. The van der Waals surface area contributed by atoms with E-state index in [1.54, 1.807) is 0 Å². The summed E-state index contributed by atoms with van der Waals surface area (Å²) in [5.41, 5.74) is 0. The summed E-state index contributed by atoms with van der Waals surface area (Å²) in [6.07, 6.45) is 3.64. The number of halogens is 1. The van der Waals surface area contributed by atoms with E-state index in [9.17, 15) is 4.79 Å². The highest BCUT2D eigenvalue weighted by Gasteiger charge is 2.33. The van der Waals surface area contributed by atoms with Gasteiger partial charge in [-0.05, 0) is 25.7 Å². The van der Waals surface area contributed by atoms with Gasteiger partial charge in [-0.1, -0.05) is 13.8 Å². The highest BCUT2D eigenvalue weighted by atomic mass is 35.5. The van der Waals surface area contributed by atoms with Gasteiger partial charge >= 0.3 is 0 Å². The average Bonchev–Trinajstić information content (AvgIpc) is 2.76. The summed E-state index contributed by atoms with van der Waals surface area (Å²) in [7, 11) is 0. The summed E-state index contributed by atoms with van der Waals surface area (Å²) in [5, 5.41) is 3.07. The summed E-state index contributed by atoms with van der Waals surface area (Å²) in [6.45, 7) is 4.84. The van der Waals surface area contributed by atoms with Crippen LogP contribution in [0.5, 0.6) is 0 Å². The van der Waals surface area contributed by atoms with Crippen molar-refractivity contribution in [3.8, 4) is 0 Å². The lowest BCUT2D eigenvalue weighted by atomic mass is 9.98. The molecule has 1 saturated heterocycles. The molecule has 1 aliphatic rings. The second kappa shape index (κ2) is 7.13. The lowest BCUT2D eigenvalue weighted by Gasteiger charge is -2.21. The van der Waals surface area contributed by atoms with Crippen LogP contribution >= 0.6 is 11.6 Å². The number of nitrogens with one attached hydrogen (secondary N) is 1. The van der Waals surface area contributed by atoms with Crippen LogP contribution < -0.4 is 5.32 Å². The average molecular weight is 248 g/mol. The Bertz CT molecular complexity index is 223. The van der Waals surface area contributed by atoms with Gasteiger partial charge in [0.25, 0.3) is 0 Å². The molecule has 0 aliphatic carbocycles. The van der Waals surface area contributed by atoms with Crippen LogP contribution in [0.1, 0.15) is 39.5 Å². The second-order valence-corrected chi connectivity index (χ2v) is 4.68. The molecule has 0 spiro atoms. The minimum Gasteiger partial charge on any atom is -0.377 e. The van der Waals surface area contributed by atoms with E-state index in [1.165, 1.54) is 0 Å². The fourth-order valence-corrected chi connectivity index (χ4v) is 2.43. The Morgan fingerprint density at radius 3 is 2.88 bits per heavy atom. The van der Waals surface area contributed by atoms with Gasteiger partial charge in [0.2, 0.25) is 5.91 Å². The van der Waals surface area contributed by atoms with E-state index in [0.717, 1.165) is 25.7 Å². The Morgan fingerprint density at radius 2 is 2.31 bits per heavy atom. The second-order valence-electron chi connectivity index (χ2n) is 4.30. The molecule has 0 aromatic rings. The summed E-state index contributed by atoms with van der Waals surface area (Å²) in [4.78, 5) is 12.0. The van der Waals surface area contributed by atoms with E-state index in [2.05, 4.69) is 19.2 Å². The Kier molecular flexibility index (Phi) is 6.14. The molecule has 0 radical (unpaired) electrons. The monoisotopic (exact) mass is 247 g/mol. The molecular formula is C12H22ClNO2. The fourth-order valence-electron chi connectivity index (χ4n) is 2.17. The van der Waals surface area contributed by atoms with Crippen LogP contribution in [0.4, 0.5) is 0 Å². The summed E-state index contributed by atoms with van der Waals surface area (Å²) in [6, 6.07) is 0.211. The maximum absolute atomic E-state index is 12.0. The third-order valence-corrected chi connectivity index (χ3v) is 3.46. The highest BCUT2D eigenvalue weighted by molar-refractivity contribution is 6.17. The van der Waals surface area contributed by atoms with Gasteiger partial charge in [-0.3, -0.25) is 4.79 Å². The van der Waals surface area contributed by atoms with Crippen molar-refractivity contribution in [2.24, 2.45) is 5.92 Å². The van der Waals surface area contributed by atoms with Gasteiger partial charge in [-0.15, -0.1) is 11.6 Å². The number of hydrogen-bond acceptors (Lipinski definition) is 2. The normalized spacial score (nSPS) is 26.7. The maximum atomic E-state index is 12.0. The molecule has 4 heteroatoms. The third kappa shape index (κ3) is 3.63. The SMILES string of the molecule is CCC(CCCl)NC(=O)C1CCOC1CC. The van der Waals surface area contributed by atoms with Crippen LogP contribution in [0.3, 0.4) is 0 Å². The van der Waals surface area contributed by atoms with E-state index in [4.69, 9.17) is 16.3 Å². The van der Waals surface area contributed by atoms with Crippen LogP contribution in [0, 0.1) is 5.92 Å². The largest absolute Gasteiger partial charge is 0.377 e. The smallest absolute Gasteiger partial charge is 0.226 e. The van der Waals surface area contributed by atoms with Crippen molar-refractivity contribution in [3.05, 3.63) is 0 Å². The van der Waals surface area contributed by atoms with Crippen molar-refractivity contribution in [1.82, 2.24) is 5.32 Å². The van der Waals surface area contributed by atoms with Crippen molar-refractivity contribution in [2.45, 2.75) is 51.7 Å². The first-order valence-corrected chi connectivity index (χ1v) is 6.74. The minimum atomic E-state index is 0.0365. The number of alkyl halides is 1. The summed E-state index contributed by atoms with van der Waals surface area (Å²) < 4.78 is 5.52. The molecular weight excluding hydrogens is 226 g/mol. The first-order chi connectivity index (χ1) is 7.72. The van der Waals surface area contributed by atoms with Gasteiger partial charge in [-0.25, -0.2) is 0 Å². The molecule has 3 nitrogen and oxygen atoms in total. The molecule has 94 valence electrons. The van der Waals surface area contributed by atoms with Crippen LogP contribution in [0.25, 0.3) is 0 Å². The van der Waals surface area contributed by atoms with Gasteiger partial charge in [-0.2, -0.15) is 0 Å². The zero-order valence-electron chi connectivity index (χ0n) is 10.2. The fraction of sp³-hybridized carbons (Fsp3) is 0.917. The summed E-state index contributed by atoms with van der Waals surface area (Å²) in [5.74, 6) is 0.771. The number of hydrogen-bond donors (Lipinski definition) is 1. The van der Waals surface area contributed by atoms with Gasteiger partial charge in [0.1, 0.15) is 0 Å². The van der Waals surface area contributed by atoms with E-state index in [-0.39, 0.29) is 24.0 Å². The number of carbonyl (C=O) groups excluding carboxylic acids is 1. The minimum absolute atomic E-state index is 0.0365. The Morgan fingerprint density at radius 1 is 1.56 bits per heavy atom. The van der Waals surface area contributed by atoms with Crippen LogP contribution in [-0.2, 0) is 9.53 Å². The van der Waals surface area contributed by atoms with Gasteiger partial charge in [0, 0.05) is 18.5 Å². The van der Waals surface area contributed by atoms with Crippen molar-refractivity contribution < 1.29 is 9.53 Å². The quantitative estimate of drug-likeness (QED) is 0.732. The number of carbonyl (C=O) groups is 1. The van der Waals surface area contributed by atoms with E-state index >= 15 is 0 Å². The van der Waals surface area contributed by atoms with E-state index in [0.29, 0.717) is 12.5 Å². The van der Waals surface area contributed by atoms with Gasteiger partial charge in [0.15, 0.2) is 0 Å². The molecule has 1 rings (SSSR count). The predicted molar refractivity (Wildman–Crippen MR) is 65.7 cm³/mol. The van der Waals surface area contributed by atoms with Crippen molar-refractivity contribution in [3.63, 3.8) is 0 Å². The van der Waals surface area contributed by atoms with Crippen molar-refractivity contribution in [2.75, 3.05) is 12.5 Å². The maximum Gasteiger partial charge on any atom is 0.226 e. The molecule has 3 unspecified atom stereocenters. The molecule has 1 heterocycles. The lowest BCUT2D eigenvalue weighted by molar-refractivity contribution is -0.127. The van der Waals surface area contributed by atoms with Gasteiger partial charge < -0.3 is 10.1 Å². The molecule has 3 atom stereocenters. The molecule has 0 aromatic heterocycles. The zero-order valence-corrected chi connectivity index (χ0v) is 10.9. The zero-order chi connectivity index (χ0) is 12.0. The lowest BCUT2D eigenvalue weighted by Crippen LogP contribution is -2.41.